The summed E-state index contributed by atoms with van der Waals surface area (Å²) < 4.78 is 0. The van der Waals surface area contributed by atoms with E-state index in [0.717, 1.165) is 24.4 Å². The highest BCUT2D eigenvalue weighted by molar-refractivity contribution is 4.86. The highest BCUT2D eigenvalue weighted by atomic mass is 15.1. The van der Waals surface area contributed by atoms with Gasteiger partial charge in [0.05, 0.1) is 0 Å². The molecular formula is C15H32N2. The summed E-state index contributed by atoms with van der Waals surface area (Å²) in [5.41, 5.74) is 5.95. The van der Waals surface area contributed by atoms with Crippen LogP contribution in [-0.4, -0.2) is 31.1 Å². The summed E-state index contributed by atoms with van der Waals surface area (Å²) in [4.78, 5) is 2.59. The zero-order chi connectivity index (χ0) is 12.7. The number of nitrogens with zero attached hydrogens (tertiary/aromatic N) is 1. The lowest BCUT2D eigenvalue weighted by molar-refractivity contribution is 0.100. The Balaban J connectivity index is 2.44. The Morgan fingerprint density at radius 1 is 1.18 bits per heavy atom. The van der Waals surface area contributed by atoms with Gasteiger partial charge in [-0.05, 0) is 51.2 Å². The Morgan fingerprint density at radius 2 is 1.94 bits per heavy atom. The molecule has 0 bridgehead atoms. The number of hydrogen-bond acceptors (Lipinski definition) is 2. The van der Waals surface area contributed by atoms with Crippen LogP contribution in [0.4, 0.5) is 0 Å². The van der Waals surface area contributed by atoms with Crippen molar-refractivity contribution in [1.29, 1.82) is 0 Å². The lowest BCUT2D eigenvalue weighted by Gasteiger charge is -2.41. The van der Waals surface area contributed by atoms with Crippen molar-refractivity contribution in [1.82, 2.24) is 4.90 Å². The van der Waals surface area contributed by atoms with Gasteiger partial charge in [-0.25, -0.2) is 0 Å². The Morgan fingerprint density at radius 3 is 2.53 bits per heavy atom. The van der Waals surface area contributed by atoms with Gasteiger partial charge in [-0.15, -0.1) is 0 Å². The first-order chi connectivity index (χ1) is 8.22. The van der Waals surface area contributed by atoms with E-state index in [-0.39, 0.29) is 0 Å². The van der Waals surface area contributed by atoms with E-state index in [1.165, 1.54) is 51.5 Å². The van der Waals surface area contributed by atoms with E-state index in [1.807, 2.05) is 0 Å². The highest BCUT2D eigenvalue weighted by Crippen LogP contribution is 2.33. The van der Waals surface area contributed by atoms with Crippen molar-refractivity contribution >= 4 is 0 Å². The smallest absolute Gasteiger partial charge is 0.0135 e. The summed E-state index contributed by atoms with van der Waals surface area (Å²) in [5, 5.41) is 0. The van der Waals surface area contributed by atoms with Gasteiger partial charge in [-0.1, -0.05) is 39.5 Å². The normalized spacial score (nSPS) is 29.8. The molecule has 2 N–H and O–H groups in total. The molecule has 3 unspecified atom stereocenters. The van der Waals surface area contributed by atoms with Crippen molar-refractivity contribution in [3.8, 4) is 0 Å². The monoisotopic (exact) mass is 240 g/mol. The number of rotatable bonds is 7. The molecule has 3 atom stereocenters. The highest BCUT2D eigenvalue weighted by Gasteiger charge is 2.31. The molecule has 1 saturated carbocycles. The molecule has 0 amide bonds. The second kappa shape index (κ2) is 8.10. The van der Waals surface area contributed by atoms with Crippen LogP contribution in [0.1, 0.15) is 58.8 Å². The molecule has 1 fully saturated rings. The standard InChI is InChI=1S/C15H32N2/c1-4-6-7-10-17(3)15-11-13(5-2)8-9-14(15)12-16/h13-15H,4-12,16H2,1-3H3. The third-order valence-electron chi connectivity index (χ3n) is 4.63. The van der Waals surface area contributed by atoms with Crippen molar-refractivity contribution < 1.29 is 0 Å². The average Bonchev–Trinajstić information content (AvgIpc) is 2.38. The fraction of sp³-hybridized carbons (Fsp3) is 1.00. The predicted molar refractivity (Wildman–Crippen MR) is 76.1 cm³/mol. The molecule has 0 aromatic carbocycles. The zero-order valence-corrected chi connectivity index (χ0v) is 12.1. The lowest BCUT2D eigenvalue weighted by atomic mass is 9.76. The fourth-order valence-electron chi connectivity index (χ4n) is 3.26. The molecule has 102 valence electrons. The molecule has 0 aliphatic heterocycles. The fourth-order valence-corrected chi connectivity index (χ4v) is 3.26. The summed E-state index contributed by atoms with van der Waals surface area (Å²) in [7, 11) is 2.31. The van der Waals surface area contributed by atoms with Crippen molar-refractivity contribution in [2.24, 2.45) is 17.6 Å². The molecular weight excluding hydrogens is 208 g/mol. The molecule has 0 spiro atoms. The maximum atomic E-state index is 5.95. The van der Waals surface area contributed by atoms with Crippen LogP contribution in [0.2, 0.25) is 0 Å². The number of nitrogens with two attached hydrogens (primary N) is 1. The van der Waals surface area contributed by atoms with Crippen LogP contribution in [0.25, 0.3) is 0 Å². The Labute approximate surface area is 108 Å². The van der Waals surface area contributed by atoms with E-state index in [0.29, 0.717) is 0 Å². The van der Waals surface area contributed by atoms with Crippen LogP contribution in [0.15, 0.2) is 0 Å². The maximum Gasteiger partial charge on any atom is 0.0135 e. The minimum Gasteiger partial charge on any atom is -0.330 e. The van der Waals surface area contributed by atoms with E-state index >= 15 is 0 Å². The molecule has 2 nitrogen and oxygen atoms in total. The first-order valence-electron chi connectivity index (χ1n) is 7.63. The van der Waals surface area contributed by atoms with Gasteiger partial charge in [0.2, 0.25) is 0 Å². The van der Waals surface area contributed by atoms with Crippen molar-refractivity contribution in [3.63, 3.8) is 0 Å². The number of hydrogen-bond donors (Lipinski definition) is 1. The van der Waals surface area contributed by atoms with Gasteiger partial charge in [0.15, 0.2) is 0 Å². The van der Waals surface area contributed by atoms with E-state index in [2.05, 4.69) is 25.8 Å². The van der Waals surface area contributed by atoms with Gasteiger partial charge < -0.3 is 10.6 Å². The van der Waals surface area contributed by atoms with E-state index < -0.39 is 0 Å². The summed E-state index contributed by atoms with van der Waals surface area (Å²) in [6.45, 7) is 6.74. The largest absolute Gasteiger partial charge is 0.330 e. The molecule has 0 radical (unpaired) electrons. The van der Waals surface area contributed by atoms with Gasteiger partial charge in [0, 0.05) is 6.04 Å². The van der Waals surface area contributed by atoms with Gasteiger partial charge >= 0.3 is 0 Å². The van der Waals surface area contributed by atoms with Crippen molar-refractivity contribution in [2.75, 3.05) is 20.1 Å². The van der Waals surface area contributed by atoms with Gasteiger partial charge in [0.1, 0.15) is 0 Å². The first-order valence-corrected chi connectivity index (χ1v) is 7.63. The molecule has 1 aliphatic carbocycles. The second-order valence-corrected chi connectivity index (χ2v) is 5.84. The molecule has 2 heteroatoms. The minimum absolute atomic E-state index is 0.740. The van der Waals surface area contributed by atoms with E-state index in [4.69, 9.17) is 5.73 Å². The number of unbranched alkanes of at least 4 members (excludes halogenated alkanes) is 2. The quantitative estimate of drug-likeness (QED) is 0.692. The van der Waals surface area contributed by atoms with Gasteiger partial charge in [-0.3, -0.25) is 0 Å². The van der Waals surface area contributed by atoms with Crippen LogP contribution < -0.4 is 5.73 Å². The maximum absolute atomic E-state index is 5.95. The minimum atomic E-state index is 0.740. The van der Waals surface area contributed by atoms with Crippen LogP contribution in [0.5, 0.6) is 0 Å². The Kier molecular flexibility index (Phi) is 7.14. The van der Waals surface area contributed by atoms with Crippen molar-refractivity contribution in [2.45, 2.75) is 64.8 Å². The predicted octanol–water partition coefficient (Wildman–Crippen LogP) is 3.26. The Hall–Kier alpha value is -0.0800. The molecule has 0 aromatic heterocycles. The van der Waals surface area contributed by atoms with Crippen LogP contribution >= 0.6 is 0 Å². The summed E-state index contributed by atoms with van der Waals surface area (Å²) >= 11 is 0. The zero-order valence-electron chi connectivity index (χ0n) is 12.1. The van der Waals surface area contributed by atoms with Crippen molar-refractivity contribution in [3.05, 3.63) is 0 Å². The molecule has 0 heterocycles. The third kappa shape index (κ3) is 4.59. The average molecular weight is 240 g/mol. The van der Waals surface area contributed by atoms with Crippen LogP contribution in [0.3, 0.4) is 0 Å². The first kappa shape index (κ1) is 15.0. The van der Waals surface area contributed by atoms with E-state index in [9.17, 15) is 0 Å². The van der Waals surface area contributed by atoms with Gasteiger partial charge in [0.25, 0.3) is 0 Å². The SMILES string of the molecule is CCCCCN(C)C1CC(CC)CCC1CN. The topological polar surface area (TPSA) is 29.3 Å². The lowest BCUT2D eigenvalue weighted by Crippen LogP contribution is -2.45. The molecule has 1 rings (SSSR count). The van der Waals surface area contributed by atoms with Crippen LogP contribution in [0, 0.1) is 11.8 Å². The summed E-state index contributed by atoms with van der Waals surface area (Å²) in [6, 6.07) is 0.746. The molecule has 17 heavy (non-hydrogen) atoms. The molecule has 0 aromatic rings. The molecule has 1 aliphatic rings. The summed E-state index contributed by atoms with van der Waals surface area (Å²) in [6.07, 6.45) is 9.49. The summed E-state index contributed by atoms with van der Waals surface area (Å²) in [5.74, 6) is 1.68. The second-order valence-electron chi connectivity index (χ2n) is 5.84. The van der Waals surface area contributed by atoms with Crippen LogP contribution in [-0.2, 0) is 0 Å². The van der Waals surface area contributed by atoms with Gasteiger partial charge in [-0.2, -0.15) is 0 Å². The molecule has 0 saturated heterocycles. The Bertz CT molecular complexity index is 193. The van der Waals surface area contributed by atoms with E-state index in [1.54, 1.807) is 0 Å². The third-order valence-corrected chi connectivity index (χ3v) is 4.63.